The maximum Gasteiger partial charge on any atom is 0.353 e. The Hall–Kier alpha value is -3.95. The lowest BCUT2D eigenvalue weighted by atomic mass is 10.2. The lowest BCUT2D eigenvalue weighted by molar-refractivity contribution is 0.280. The van der Waals surface area contributed by atoms with Crippen molar-refractivity contribution in [3.63, 3.8) is 0 Å². The maximum atomic E-state index is 13.1. The molecule has 0 fully saturated rings. The molecule has 0 aliphatic rings. The van der Waals surface area contributed by atoms with Gasteiger partial charge in [0.05, 0.1) is 18.5 Å². The van der Waals surface area contributed by atoms with Crippen molar-refractivity contribution in [2.45, 2.75) is 6.61 Å². The molecule has 2 aromatic carbocycles. The molecule has 10 heteroatoms. The molecule has 0 aliphatic carbocycles. The Morgan fingerprint density at radius 2 is 1.83 bits per heavy atom. The fourth-order valence-electron chi connectivity index (χ4n) is 2.81. The van der Waals surface area contributed by atoms with Crippen LogP contribution in [0.4, 0.5) is 4.39 Å². The number of halogens is 1. The minimum Gasteiger partial charge on any atom is -0.467 e. The van der Waals surface area contributed by atoms with Crippen molar-refractivity contribution in [3.05, 3.63) is 76.7 Å². The quantitative estimate of drug-likeness (QED) is 0.494. The molecule has 2 heterocycles. The van der Waals surface area contributed by atoms with E-state index in [9.17, 15) is 9.18 Å². The van der Waals surface area contributed by atoms with Gasteiger partial charge in [-0.2, -0.15) is 4.98 Å². The summed E-state index contributed by atoms with van der Waals surface area (Å²) in [7, 11) is 3.00. The van der Waals surface area contributed by atoms with Crippen molar-refractivity contribution in [3.8, 4) is 23.4 Å². The minimum absolute atomic E-state index is 0.119. The third-order valence-corrected chi connectivity index (χ3v) is 4.23. The first-order valence-electron chi connectivity index (χ1n) is 8.65. The molecule has 9 nitrogen and oxygen atoms in total. The van der Waals surface area contributed by atoms with Crippen LogP contribution >= 0.6 is 0 Å². The summed E-state index contributed by atoms with van der Waals surface area (Å²) >= 11 is 0. The van der Waals surface area contributed by atoms with E-state index in [1.54, 1.807) is 31.3 Å². The molecule has 0 saturated carbocycles. The van der Waals surface area contributed by atoms with Crippen LogP contribution in [0.3, 0.4) is 0 Å². The molecule has 2 aromatic heterocycles. The number of hydrogen-bond donors (Lipinski definition) is 0. The van der Waals surface area contributed by atoms with Gasteiger partial charge in [0.25, 0.3) is 0 Å². The average Bonchev–Trinajstić information content (AvgIpc) is 3.32. The molecule has 4 aromatic rings. The smallest absolute Gasteiger partial charge is 0.353 e. The number of aromatic nitrogens is 6. The van der Waals surface area contributed by atoms with Crippen LogP contribution in [0.1, 0.15) is 5.56 Å². The predicted octanol–water partition coefficient (Wildman–Crippen LogP) is 1.88. The molecule has 0 bridgehead atoms. The average molecular weight is 396 g/mol. The lowest BCUT2D eigenvalue weighted by Gasteiger charge is -2.10. The lowest BCUT2D eigenvalue weighted by Crippen LogP contribution is -2.22. The van der Waals surface area contributed by atoms with E-state index in [1.165, 1.54) is 39.5 Å². The van der Waals surface area contributed by atoms with Gasteiger partial charge in [-0.25, -0.2) is 23.1 Å². The second-order valence-corrected chi connectivity index (χ2v) is 6.09. The van der Waals surface area contributed by atoms with Gasteiger partial charge in [-0.05, 0) is 30.3 Å². The summed E-state index contributed by atoms with van der Waals surface area (Å²) < 4.78 is 28.0. The Morgan fingerprint density at radius 1 is 1.07 bits per heavy atom. The molecule has 0 N–H and O–H groups in total. The van der Waals surface area contributed by atoms with Crippen LogP contribution in [0, 0.1) is 5.82 Å². The minimum atomic E-state index is -0.340. The standard InChI is InChI=1S/C19H17FN6O3/c1-24-19(27)26(18(23-24)28-2)16-6-4-3-5-13(16)11-29-17-21-12-25(22-17)15-9-7-14(20)8-10-15/h3-10,12H,11H2,1-2H3. The van der Waals surface area contributed by atoms with Gasteiger partial charge in [0.2, 0.25) is 0 Å². The maximum absolute atomic E-state index is 13.1. The molecule has 0 saturated heterocycles. The molecule has 0 unspecified atom stereocenters. The number of benzene rings is 2. The Bertz CT molecular complexity index is 1200. The first-order valence-corrected chi connectivity index (χ1v) is 8.65. The van der Waals surface area contributed by atoms with E-state index in [4.69, 9.17) is 9.47 Å². The number of nitrogens with zero attached hydrogens (tertiary/aromatic N) is 6. The predicted molar refractivity (Wildman–Crippen MR) is 101 cm³/mol. The van der Waals surface area contributed by atoms with Gasteiger partial charge < -0.3 is 9.47 Å². The fraction of sp³-hybridized carbons (Fsp3) is 0.158. The Balaban J connectivity index is 1.58. The van der Waals surface area contributed by atoms with E-state index >= 15 is 0 Å². The molecule has 0 aliphatic heterocycles. The normalized spacial score (nSPS) is 10.9. The number of hydrogen-bond acceptors (Lipinski definition) is 6. The number of rotatable bonds is 6. The number of methoxy groups -OCH3 is 1. The summed E-state index contributed by atoms with van der Waals surface area (Å²) in [6.07, 6.45) is 1.48. The number of para-hydroxylation sites is 1. The van der Waals surface area contributed by atoms with Gasteiger partial charge in [-0.3, -0.25) is 0 Å². The molecule has 4 rings (SSSR count). The van der Waals surface area contributed by atoms with Crippen molar-refractivity contribution in [1.82, 2.24) is 29.1 Å². The third-order valence-electron chi connectivity index (χ3n) is 4.23. The van der Waals surface area contributed by atoms with Crippen molar-refractivity contribution in [2.24, 2.45) is 7.05 Å². The van der Waals surface area contributed by atoms with E-state index < -0.39 is 0 Å². The van der Waals surface area contributed by atoms with E-state index in [0.29, 0.717) is 11.4 Å². The number of ether oxygens (including phenoxy) is 2. The zero-order valence-electron chi connectivity index (χ0n) is 15.7. The van der Waals surface area contributed by atoms with Gasteiger partial charge in [-0.1, -0.05) is 18.2 Å². The van der Waals surface area contributed by atoms with Gasteiger partial charge >= 0.3 is 17.7 Å². The van der Waals surface area contributed by atoms with Crippen LogP contribution in [-0.4, -0.2) is 36.2 Å². The molecule has 29 heavy (non-hydrogen) atoms. The Labute approximate surface area is 164 Å². The van der Waals surface area contributed by atoms with Crippen molar-refractivity contribution >= 4 is 0 Å². The molecule has 0 amide bonds. The zero-order chi connectivity index (χ0) is 20.4. The first-order chi connectivity index (χ1) is 14.1. The summed E-state index contributed by atoms with van der Waals surface area (Å²) in [5.41, 5.74) is 1.62. The van der Waals surface area contributed by atoms with Crippen molar-refractivity contribution in [2.75, 3.05) is 7.11 Å². The topological polar surface area (TPSA) is 89.0 Å². The van der Waals surface area contributed by atoms with Crippen molar-refractivity contribution < 1.29 is 13.9 Å². The SMILES string of the molecule is COc1nn(C)c(=O)n1-c1ccccc1COc1ncn(-c2ccc(F)cc2)n1. The zero-order valence-corrected chi connectivity index (χ0v) is 15.7. The molecule has 148 valence electrons. The molecule has 0 spiro atoms. The van der Waals surface area contributed by atoms with Crippen LogP contribution in [0.2, 0.25) is 0 Å². The van der Waals surface area contributed by atoms with Gasteiger partial charge in [0.1, 0.15) is 18.8 Å². The van der Waals surface area contributed by atoms with E-state index in [-0.39, 0.29) is 30.1 Å². The highest BCUT2D eigenvalue weighted by Gasteiger charge is 2.17. The third kappa shape index (κ3) is 3.59. The first kappa shape index (κ1) is 18.4. The summed E-state index contributed by atoms with van der Waals surface area (Å²) in [5.74, 6) is -0.331. The van der Waals surface area contributed by atoms with Crippen LogP contribution in [-0.2, 0) is 13.7 Å². The van der Waals surface area contributed by atoms with Gasteiger partial charge in [0, 0.05) is 12.6 Å². The molecular weight excluding hydrogens is 379 g/mol. The Kier molecular flexibility index (Phi) is 4.82. The highest BCUT2D eigenvalue weighted by molar-refractivity contribution is 5.42. The second-order valence-electron chi connectivity index (χ2n) is 6.09. The van der Waals surface area contributed by atoms with Gasteiger partial charge in [0.15, 0.2) is 0 Å². The fourth-order valence-corrected chi connectivity index (χ4v) is 2.81. The summed E-state index contributed by atoms with van der Waals surface area (Å²) in [6, 6.07) is 13.4. The van der Waals surface area contributed by atoms with Crippen molar-refractivity contribution in [1.29, 1.82) is 0 Å². The molecule has 0 radical (unpaired) electrons. The van der Waals surface area contributed by atoms with Gasteiger partial charge in [-0.15, -0.1) is 10.2 Å². The van der Waals surface area contributed by atoms with Crippen LogP contribution in [0.25, 0.3) is 11.4 Å². The Morgan fingerprint density at radius 3 is 2.59 bits per heavy atom. The van der Waals surface area contributed by atoms with E-state index in [1.807, 2.05) is 12.1 Å². The van der Waals surface area contributed by atoms with Crippen LogP contribution < -0.4 is 15.2 Å². The molecular formula is C19H17FN6O3. The molecule has 0 atom stereocenters. The van der Waals surface area contributed by atoms with Crippen LogP contribution in [0.5, 0.6) is 12.0 Å². The largest absolute Gasteiger partial charge is 0.467 e. The summed E-state index contributed by atoms with van der Waals surface area (Å²) in [5, 5.41) is 8.29. The summed E-state index contributed by atoms with van der Waals surface area (Å²) in [4.78, 5) is 16.6. The second kappa shape index (κ2) is 7.58. The van der Waals surface area contributed by atoms with E-state index in [2.05, 4.69) is 15.2 Å². The highest BCUT2D eigenvalue weighted by atomic mass is 19.1. The van der Waals surface area contributed by atoms with E-state index in [0.717, 1.165) is 5.56 Å². The number of aryl methyl sites for hydroxylation is 1. The monoisotopic (exact) mass is 396 g/mol. The summed E-state index contributed by atoms with van der Waals surface area (Å²) in [6.45, 7) is 0.119. The van der Waals surface area contributed by atoms with Crippen LogP contribution in [0.15, 0.2) is 59.7 Å². The highest BCUT2D eigenvalue weighted by Crippen LogP contribution is 2.19.